The zero-order valence-corrected chi connectivity index (χ0v) is 28.2. The molecule has 10 atom stereocenters. The molecule has 0 spiro atoms. The van der Waals surface area contributed by atoms with Gasteiger partial charge in [-0.1, -0.05) is 65.5 Å². The quantitative estimate of drug-likeness (QED) is 0.136. The van der Waals surface area contributed by atoms with Crippen molar-refractivity contribution >= 4 is 17.7 Å². The van der Waals surface area contributed by atoms with E-state index in [-0.39, 0.29) is 11.8 Å². The molecule has 4 aliphatic carbocycles. The zero-order valence-electron chi connectivity index (χ0n) is 28.2. The number of carbonyl (C=O) groups excluding carboxylic acids is 1. The topological polar surface area (TPSA) is 146 Å². The van der Waals surface area contributed by atoms with Crippen LogP contribution in [0.1, 0.15) is 117 Å². The molecule has 5 unspecified atom stereocenters. The summed E-state index contributed by atoms with van der Waals surface area (Å²) in [6.45, 7) is 12.1. The van der Waals surface area contributed by atoms with E-state index in [1.807, 2.05) is 0 Å². The summed E-state index contributed by atoms with van der Waals surface area (Å²) >= 11 is 0. The minimum atomic E-state index is -2.07. The van der Waals surface area contributed by atoms with Crippen LogP contribution < -0.4 is 5.73 Å². The van der Waals surface area contributed by atoms with E-state index >= 15 is 0 Å². The van der Waals surface area contributed by atoms with E-state index in [0.29, 0.717) is 41.7 Å². The van der Waals surface area contributed by atoms with Gasteiger partial charge in [0.1, 0.15) is 5.41 Å². The fourth-order valence-corrected chi connectivity index (χ4v) is 11.2. The number of hydrogen-bond acceptors (Lipinski definition) is 5. The lowest BCUT2D eigenvalue weighted by molar-refractivity contribution is -0.167. The smallest absolute Gasteiger partial charge is 0.318 e. The summed E-state index contributed by atoms with van der Waals surface area (Å²) in [7, 11) is 0. The Morgan fingerprint density at radius 2 is 1.82 bits per heavy atom. The number of nitrogens with two attached hydrogens (primary N) is 1. The number of carboxylic acid groups (broad SMARTS) is 2. The summed E-state index contributed by atoms with van der Waals surface area (Å²) < 4.78 is 0. The number of aliphatic carboxylic acids is 2. The van der Waals surface area contributed by atoms with Gasteiger partial charge in [-0.05, 0) is 104 Å². The highest BCUT2D eigenvalue weighted by Gasteiger charge is 2.62. The lowest BCUT2D eigenvalue weighted by atomic mass is 9.45. The van der Waals surface area contributed by atoms with Gasteiger partial charge in [0.15, 0.2) is 5.78 Å². The summed E-state index contributed by atoms with van der Waals surface area (Å²) in [5, 5.41) is 20.5. The standard InChI is InChI=1S/C37H57N3O5/c1-22(2)7-6-8-23(3)28-11-12-29-27-10-9-24-17-25(13-15-35(24,4)30(27)14-16-36(28,29)5)37(34(44)45,19-32(41)42)33(43)31(38)18-26-20-39-21-40-26/h9,20-23,25,27-31H,6-8,10-19,38H2,1-5H3,(H,39,40)(H,41,42)(H,44,45)/t23-,25?,27?,28-,29?,30?,31+,35+,36-,37?/m1/s1. The molecule has 1 aromatic rings. The maximum atomic E-state index is 14.0. The minimum absolute atomic E-state index is 0.0462. The third-order valence-corrected chi connectivity index (χ3v) is 13.6. The van der Waals surface area contributed by atoms with E-state index in [0.717, 1.165) is 30.6 Å². The number of carboxylic acids is 2. The molecule has 0 aromatic carbocycles. The number of H-pyrrole nitrogens is 1. The van der Waals surface area contributed by atoms with Crippen molar-refractivity contribution in [2.75, 3.05) is 0 Å². The molecule has 0 bridgehead atoms. The van der Waals surface area contributed by atoms with Crippen molar-refractivity contribution in [1.82, 2.24) is 9.97 Å². The lowest BCUT2D eigenvalue weighted by Crippen LogP contribution is -2.56. The summed E-state index contributed by atoms with van der Waals surface area (Å²) in [4.78, 5) is 46.1. The van der Waals surface area contributed by atoms with Gasteiger partial charge in [-0.25, -0.2) is 4.98 Å². The highest BCUT2D eigenvalue weighted by Crippen LogP contribution is 2.68. The van der Waals surface area contributed by atoms with Gasteiger partial charge >= 0.3 is 11.9 Å². The number of rotatable bonds is 13. The molecule has 8 nitrogen and oxygen atoms in total. The Balaban J connectivity index is 1.37. The predicted molar refractivity (Wildman–Crippen MR) is 174 cm³/mol. The Labute approximate surface area is 269 Å². The number of allylic oxidation sites excluding steroid dienone is 2. The first-order valence-corrected chi connectivity index (χ1v) is 17.7. The average molecular weight is 624 g/mol. The van der Waals surface area contributed by atoms with Crippen LogP contribution >= 0.6 is 0 Å². The van der Waals surface area contributed by atoms with E-state index in [2.05, 4.69) is 50.7 Å². The molecule has 250 valence electrons. The van der Waals surface area contributed by atoms with Crippen LogP contribution in [0.2, 0.25) is 0 Å². The normalized spacial score (nSPS) is 35.4. The number of aromatic nitrogens is 2. The van der Waals surface area contributed by atoms with Gasteiger partial charge in [0.2, 0.25) is 0 Å². The van der Waals surface area contributed by atoms with Gasteiger partial charge < -0.3 is 20.9 Å². The zero-order chi connectivity index (χ0) is 32.7. The number of Topliss-reactive ketones (excluding diaryl/α,β-unsaturated/α-hetero) is 1. The summed E-state index contributed by atoms with van der Waals surface area (Å²) in [6.07, 6.45) is 16.6. The van der Waals surface area contributed by atoms with Crippen molar-refractivity contribution in [2.24, 2.45) is 63.4 Å². The molecule has 0 amide bonds. The summed E-state index contributed by atoms with van der Waals surface area (Å²) in [6, 6.07) is -1.15. The van der Waals surface area contributed by atoms with E-state index in [1.165, 1.54) is 56.8 Å². The maximum absolute atomic E-state index is 14.0. The molecule has 45 heavy (non-hydrogen) atoms. The maximum Gasteiger partial charge on any atom is 0.318 e. The van der Waals surface area contributed by atoms with Crippen molar-refractivity contribution in [3.8, 4) is 0 Å². The highest BCUT2D eigenvalue weighted by atomic mass is 16.4. The fraction of sp³-hybridized carbons (Fsp3) is 0.784. The van der Waals surface area contributed by atoms with Crippen LogP contribution in [0.5, 0.6) is 0 Å². The molecule has 4 aliphatic rings. The number of carbonyl (C=O) groups is 3. The van der Waals surface area contributed by atoms with E-state index in [1.54, 1.807) is 6.20 Å². The second-order valence-electron chi connectivity index (χ2n) is 16.3. The van der Waals surface area contributed by atoms with Crippen molar-refractivity contribution in [1.29, 1.82) is 0 Å². The van der Waals surface area contributed by atoms with Crippen LogP contribution in [0.4, 0.5) is 0 Å². The first-order valence-electron chi connectivity index (χ1n) is 17.7. The number of nitrogens with zero attached hydrogens (tertiary/aromatic N) is 1. The largest absolute Gasteiger partial charge is 0.481 e. The number of hydrogen-bond donors (Lipinski definition) is 4. The van der Waals surface area contributed by atoms with E-state index in [9.17, 15) is 24.6 Å². The predicted octanol–water partition coefficient (Wildman–Crippen LogP) is 7.05. The van der Waals surface area contributed by atoms with Gasteiger partial charge in [-0.15, -0.1) is 0 Å². The molecule has 1 heterocycles. The Kier molecular flexibility index (Phi) is 9.76. The van der Waals surface area contributed by atoms with Crippen LogP contribution in [0.25, 0.3) is 0 Å². The molecule has 5 N–H and O–H groups in total. The molecule has 0 aliphatic heterocycles. The van der Waals surface area contributed by atoms with Crippen molar-refractivity contribution < 1.29 is 24.6 Å². The first kappa shape index (κ1) is 33.9. The number of nitrogens with one attached hydrogen (secondary N) is 1. The van der Waals surface area contributed by atoms with Crippen LogP contribution in [-0.2, 0) is 20.8 Å². The Morgan fingerprint density at radius 1 is 1.07 bits per heavy atom. The Bertz CT molecular complexity index is 1270. The van der Waals surface area contributed by atoms with Crippen molar-refractivity contribution in [3.63, 3.8) is 0 Å². The monoisotopic (exact) mass is 623 g/mol. The van der Waals surface area contributed by atoms with Crippen molar-refractivity contribution in [2.45, 2.75) is 124 Å². The molecule has 0 saturated heterocycles. The number of ketones is 1. The third-order valence-electron chi connectivity index (χ3n) is 13.6. The minimum Gasteiger partial charge on any atom is -0.481 e. The number of fused-ring (bicyclic) bond motifs is 5. The van der Waals surface area contributed by atoms with Gasteiger partial charge in [0.05, 0.1) is 24.5 Å². The molecular weight excluding hydrogens is 566 g/mol. The molecule has 0 radical (unpaired) electrons. The Hall–Kier alpha value is -2.48. The molecule has 3 saturated carbocycles. The highest BCUT2D eigenvalue weighted by molar-refractivity contribution is 6.08. The van der Waals surface area contributed by atoms with Crippen molar-refractivity contribution in [3.05, 3.63) is 29.9 Å². The van der Waals surface area contributed by atoms with Gasteiger partial charge in [-0.3, -0.25) is 14.4 Å². The van der Waals surface area contributed by atoms with Gasteiger partial charge in [-0.2, -0.15) is 0 Å². The molecule has 3 fully saturated rings. The van der Waals surface area contributed by atoms with Gasteiger partial charge in [0, 0.05) is 12.6 Å². The van der Waals surface area contributed by atoms with Crippen LogP contribution in [0.3, 0.4) is 0 Å². The first-order chi connectivity index (χ1) is 21.2. The molecular formula is C37H57N3O5. The molecule has 8 heteroatoms. The molecule has 5 rings (SSSR count). The van der Waals surface area contributed by atoms with Crippen LogP contribution in [0, 0.1) is 57.7 Å². The fourth-order valence-electron chi connectivity index (χ4n) is 11.2. The van der Waals surface area contributed by atoms with Crippen LogP contribution in [0.15, 0.2) is 24.2 Å². The lowest BCUT2D eigenvalue weighted by Gasteiger charge is -2.59. The van der Waals surface area contributed by atoms with E-state index in [4.69, 9.17) is 5.73 Å². The average Bonchev–Trinajstić information content (AvgIpc) is 3.61. The molecule has 1 aromatic heterocycles. The van der Waals surface area contributed by atoms with Crippen LogP contribution in [-0.4, -0.2) is 43.9 Å². The second kappa shape index (κ2) is 13.0. The number of imidazole rings is 1. The summed E-state index contributed by atoms with van der Waals surface area (Å²) in [5.41, 5.74) is 6.37. The second-order valence-corrected chi connectivity index (χ2v) is 16.3. The summed E-state index contributed by atoms with van der Waals surface area (Å²) in [5.74, 6) is 0.227. The van der Waals surface area contributed by atoms with Gasteiger partial charge in [0.25, 0.3) is 0 Å². The Morgan fingerprint density at radius 3 is 2.47 bits per heavy atom. The third kappa shape index (κ3) is 6.05. The SMILES string of the molecule is CC(C)CCC[C@@H](C)[C@H]1CCC2C3CC=C4CC(C(CC(=O)O)(C(=O)O)C(=O)[C@@H](N)Cc5c[nH]cn5)CC[C@]4(C)C3CC[C@@]21C. The van der Waals surface area contributed by atoms with E-state index < -0.39 is 41.5 Å². The number of aromatic amines is 1.